The molecule has 2 aliphatic rings. The quantitative estimate of drug-likeness (QED) is 0.654. The molecular weight excluding hydrogens is 308 g/mol. The van der Waals surface area contributed by atoms with Crippen molar-refractivity contribution in [3.63, 3.8) is 0 Å². The molecule has 0 spiro atoms. The van der Waals surface area contributed by atoms with Gasteiger partial charge >= 0.3 is 5.97 Å². The number of rotatable bonds is 2. The summed E-state index contributed by atoms with van der Waals surface area (Å²) < 4.78 is 4.84. The van der Waals surface area contributed by atoms with Gasteiger partial charge in [-0.15, -0.1) is 0 Å². The van der Waals surface area contributed by atoms with E-state index in [-0.39, 0.29) is 23.3 Å². The molecule has 1 N–H and O–H groups in total. The molecule has 0 saturated carbocycles. The summed E-state index contributed by atoms with van der Waals surface area (Å²) in [6, 6.07) is 7.76. The molecule has 2 heterocycles. The van der Waals surface area contributed by atoms with Gasteiger partial charge in [-0.2, -0.15) is 0 Å². The Morgan fingerprint density at radius 3 is 2.21 bits per heavy atom. The Hall–Kier alpha value is -2.21. The number of fused-ring (bicyclic) bond motifs is 1. The number of hydrogen-bond donors (Lipinski definition) is 1. The molecule has 0 radical (unpaired) electrons. The first-order valence-electron chi connectivity index (χ1n) is 8.04. The summed E-state index contributed by atoms with van der Waals surface area (Å²) >= 11 is 0. The topological polar surface area (TPSA) is 75.7 Å². The molecule has 2 amide bonds. The lowest BCUT2D eigenvalue weighted by atomic mass is 9.77. The Morgan fingerprint density at radius 2 is 1.67 bits per heavy atom. The maximum absolute atomic E-state index is 13.0. The second kappa shape index (κ2) is 5.70. The van der Waals surface area contributed by atoms with Crippen molar-refractivity contribution in [2.75, 3.05) is 12.0 Å². The molecule has 2 saturated heterocycles. The van der Waals surface area contributed by atoms with E-state index in [0.29, 0.717) is 5.69 Å². The van der Waals surface area contributed by atoms with Gasteiger partial charge in [0.2, 0.25) is 11.8 Å². The normalized spacial score (nSPS) is 29.8. The minimum atomic E-state index is -0.797. The third-order valence-corrected chi connectivity index (χ3v) is 4.88. The summed E-state index contributed by atoms with van der Waals surface area (Å²) in [6.45, 7) is 5.97. The lowest BCUT2D eigenvalue weighted by Gasteiger charge is -2.31. The Kier molecular flexibility index (Phi) is 3.95. The van der Waals surface area contributed by atoms with Crippen molar-refractivity contribution in [1.29, 1.82) is 0 Å². The number of methoxy groups -OCH3 is 1. The van der Waals surface area contributed by atoms with Gasteiger partial charge in [-0.1, -0.05) is 39.0 Å². The van der Waals surface area contributed by atoms with Gasteiger partial charge in [-0.3, -0.25) is 19.7 Å². The fourth-order valence-corrected chi connectivity index (χ4v) is 3.78. The standard InChI is InChI=1S/C18H22N2O4/c1-18(2,3)14-12-11(13(19-14)17(23)24-4)15(21)20(16(12)22)10-8-6-5-7-9-10/h5-9,11-14,19H,1-4H3/t11-,12+,13+,14-/m0/s1. The molecule has 128 valence electrons. The van der Waals surface area contributed by atoms with Crippen LogP contribution < -0.4 is 10.2 Å². The van der Waals surface area contributed by atoms with E-state index in [1.807, 2.05) is 26.8 Å². The number of benzene rings is 1. The first kappa shape index (κ1) is 16.6. The molecule has 1 aromatic carbocycles. The fraction of sp³-hybridized carbons (Fsp3) is 0.500. The Balaban J connectivity index is 2.04. The maximum atomic E-state index is 13.0. The number of ether oxygens (including phenoxy) is 1. The predicted molar refractivity (Wildman–Crippen MR) is 88.1 cm³/mol. The molecule has 0 aliphatic carbocycles. The van der Waals surface area contributed by atoms with Crippen molar-refractivity contribution in [3.05, 3.63) is 30.3 Å². The molecule has 0 unspecified atom stereocenters. The van der Waals surface area contributed by atoms with Crippen molar-refractivity contribution in [3.8, 4) is 0 Å². The van der Waals surface area contributed by atoms with E-state index in [9.17, 15) is 14.4 Å². The summed E-state index contributed by atoms with van der Waals surface area (Å²) in [5.41, 5.74) is 0.257. The number of hydrogen-bond acceptors (Lipinski definition) is 5. The number of imide groups is 1. The summed E-state index contributed by atoms with van der Waals surface area (Å²) in [5.74, 6) is -2.40. The van der Waals surface area contributed by atoms with E-state index >= 15 is 0 Å². The van der Waals surface area contributed by atoms with Crippen LogP contribution in [0.5, 0.6) is 0 Å². The van der Waals surface area contributed by atoms with E-state index < -0.39 is 23.8 Å². The average Bonchev–Trinajstić information content (AvgIpc) is 3.05. The molecule has 24 heavy (non-hydrogen) atoms. The van der Waals surface area contributed by atoms with Crippen LogP contribution in [0.15, 0.2) is 30.3 Å². The fourth-order valence-electron chi connectivity index (χ4n) is 3.78. The second-order valence-corrected chi connectivity index (χ2v) is 7.41. The van der Waals surface area contributed by atoms with Crippen LogP contribution in [0.4, 0.5) is 5.69 Å². The number of nitrogens with zero attached hydrogens (tertiary/aromatic N) is 1. The van der Waals surface area contributed by atoms with Crippen LogP contribution >= 0.6 is 0 Å². The highest BCUT2D eigenvalue weighted by molar-refractivity contribution is 6.23. The third kappa shape index (κ3) is 2.41. The van der Waals surface area contributed by atoms with Crippen molar-refractivity contribution in [2.45, 2.75) is 32.9 Å². The number of para-hydroxylation sites is 1. The van der Waals surface area contributed by atoms with E-state index in [4.69, 9.17) is 4.74 Å². The molecule has 2 aliphatic heterocycles. The monoisotopic (exact) mass is 330 g/mol. The molecule has 0 aromatic heterocycles. The molecule has 6 nitrogen and oxygen atoms in total. The van der Waals surface area contributed by atoms with Crippen molar-refractivity contribution in [2.24, 2.45) is 17.3 Å². The second-order valence-electron chi connectivity index (χ2n) is 7.41. The summed E-state index contributed by atoms with van der Waals surface area (Å²) in [6.07, 6.45) is 0. The summed E-state index contributed by atoms with van der Waals surface area (Å²) in [4.78, 5) is 39.4. The van der Waals surface area contributed by atoms with Crippen LogP contribution in [-0.2, 0) is 19.1 Å². The minimum Gasteiger partial charge on any atom is -0.468 e. The highest BCUT2D eigenvalue weighted by atomic mass is 16.5. The number of anilines is 1. The Labute approximate surface area is 141 Å². The Morgan fingerprint density at radius 1 is 1.08 bits per heavy atom. The predicted octanol–water partition coefficient (Wildman–Crippen LogP) is 1.35. The molecule has 1 aromatic rings. The van der Waals surface area contributed by atoms with E-state index in [2.05, 4.69) is 5.32 Å². The number of carbonyl (C=O) groups is 3. The zero-order valence-corrected chi connectivity index (χ0v) is 14.3. The molecular formula is C18H22N2O4. The van der Waals surface area contributed by atoms with Gasteiger partial charge in [0.05, 0.1) is 24.6 Å². The number of esters is 1. The summed E-state index contributed by atoms with van der Waals surface area (Å²) in [5, 5.41) is 3.17. The number of nitrogens with one attached hydrogen (secondary N) is 1. The highest BCUT2D eigenvalue weighted by Crippen LogP contribution is 2.44. The van der Waals surface area contributed by atoms with Crippen LogP contribution in [0.1, 0.15) is 20.8 Å². The van der Waals surface area contributed by atoms with Crippen LogP contribution in [-0.4, -0.2) is 37.0 Å². The molecule has 3 rings (SSSR count). The number of carbonyl (C=O) groups excluding carboxylic acids is 3. The van der Waals surface area contributed by atoms with Crippen molar-refractivity contribution in [1.82, 2.24) is 5.32 Å². The zero-order valence-electron chi connectivity index (χ0n) is 14.3. The molecule has 2 fully saturated rings. The minimum absolute atomic E-state index is 0.255. The lowest BCUT2D eigenvalue weighted by molar-refractivity contribution is -0.145. The van der Waals surface area contributed by atoms with E-state index in [0.717, 1.165) is 0 Å². The van der Waals surface area contributed by atoms with Crippen LogP contribution in [0.25, 0.3) is 0 Å². The van der Waals surface area contributed by atoms with E-state index in [1.54, 1.807) is 24.3 Å². The number of amides is 2. The smallest absolute Gasteiger partial charge is 0.323 e. The van der Waals surface area contributed by atoms with Gasteiger partial charge in [0.1, 0.15) is 6.04 Å². The van der Waals surface area contributed by atoms with Crippen LogP contribution in [0, 0.1) is 17.3 Å². The van der Waals surface area contributed by atoms with Gasteiger partial charge in [0.15, 0.2) is 0 Å². The molecule has 6 heteroatoms. The van der Waals surface area contributed by atoms with Crippen molar-refractivity contribution < 1.29 is 19.1 Å². The summed E-state index contributed by atoms with van der Waals surface area (Å²) in [7, 11) is 1.29. The zero-order chi connectivity index (χ0) is 17.6. The Bertz CT molecular complexity index is 680. The SMILES string of the molecule is COC(=O)[C@@H]1N[C@H](C(C)(C)C)[C@@H]2C(=O)N(c3ccccc3)C(=O)[C@@H]21. The maximum Gasteiger partial charge on any atom is 0.323 e. The van der Waals surface area contributed by atoms with Gasteiger partial charge < -0.3 is 4.74 Å². The van der Waals surface area contributed by atoms with Gasteiger partial charge in [0.25, 0.3) is 0 Å². The van der Waals surface area contributed by atoms with Gasteiger partial charge in [-0.05, 0) is 17.5 Å². The first-order chi connectivity index (χ1) is 11.3. The third-order valence-electron chi connectivity index (χ3n) is 4.88. The average molecular weight is 330 g/mol. The molecule has 4 atom stereocenters. The van der Waals surface area contributed by atoms with E-state index in [1.165, 1.54) is 12.0 Å². The first-order valence-corrected chi connectivity index (χ1v) is 8.04. The lowest BCUT2D eigenvalue weighted by Crippen LogP contribution is -2.49. The van der Waals surface area contributed by atoms with Crippen LogP contribution in [0.2, 0.25) is 0 Å². The van der Waals surface area contributed by atoms with Crippen molar-refractivity contribution >= 4 is 23.5 Å². The largest absolute Gasteiger partial charge is 0.468 e. The molecule has 0 bridgehead atoms. The highest BCUT2D eigenvalue weighted by Gasteiger charge is 2.63. The van der Waals surface area contributed by atoms with Gasteiger partial charge in [-0.25, -0.2) is 4.90 Å². The van der Waals surface area contributed by atoms with Crippen LogP contribution in [0.3, 0.4) is 0 Å². The van der Waals surface area contributed by atoms with Gasteiger partial charge in [0, 0.05) is 6.04 Å².